The highest BCUT2D eigenvalue weighted by molar-refractivity contribution is 5.95. The first kappa shape index (κ1) is 17.4. The number of hydrogen-bond acceptors (Lipinski definition) is 5. The third-order valence-electron chi connectivity index (χ3n) is 4.69. The Kier molecular flexibility index (Phi) is 4.97. The first-order valence-corrected chi connectivity index (χ1v) is 9.06. The highest BCUT2D eigenvalue weighted by Crippen LogP contribution is 2.17. The average Bonchev–Trinajstić information content (AvgIpc) is 3.27. The molecule has 1 amide bonds. The predicted molar refractivity (Wildman–Crippen MR) is 98.6 cm³/mol. The van der Waals surface area contributed by atoms with Crippen molar-refractivity contribution in [2.45, 2.75) is 26.0 Å². The molecule has 0 aliphatic carbocycles. The molecule has 1 aliphatic rings. The molecule has 4 rings (SSSR count). The number of amides is 1. The van der Waals surface area contributed by atoms with Gasteiger partial charge in [-0.1, -0.05) is 6.07 Å². The van der Waals surface area contributed by atoms with Crippen molar-refractivity contribution < 1.29 is 9.53 Å². The van der Waals surface area contributed by atoms with Gasteiger partial charge in [0.15, 0.2) is 5.82 Å². The van der Waals surface area contributed by atoms with E-state index in [4.69, 9.17) is 4.74 Å². The smallest absolute Gasteiger partial charge is 0.257 e. The van der Waals surface area contributed by atoms with Crippen molar-refractivity contribution in [2.75, 3.05) is 19.7 Å². The van der Waals surface area contributed by atoms with Gasteiger partial charge in [-0.3, -0.25) is 9.48 Å². The Morgan fingerprint density at radius 1 is 1.26 bits per heavy atom. The van der Waals surface area contributed by atoms with Crippen molar-refractivity contribution in [3.8, 4) is 5.82 Å². The minimum absolute atomic E-state index is 0.0225. The zero-order valence-electron chi connectivity index (χ0n) is 15.2. The Bertz CT molecular complexity index is 890. The maximum absolute atomic E-state index is 13.1. The Hall–Kier alpha value is -3.00. The first-order chi connectivity index (χ1) is 13.2. The number of nitrogens with zero attached hydrogens (tertiary/aromatic N) is 6. The second-order valence-corrected chi connectivity index (χ2v) is 6.57. The predicted octanol–water partition coefficient (Wildman–Crippen LogP) is 1.70. The highest BCUT2D eigenvalue weighted by atomic mass is 16.5. The second-order valence-electron chi connectivity index (χ2n) is 6.57. The SMILES string of the molecule is Cc1c(C(=O)N2CCCOC(Cn3cccn3)C2)cnn1-c1ccccn1. The topological polar surface area (TPSA) is 78.1 Å². The summed E-state index contributed by atoms with van der Waals surface area (Å²) in [6.07, 6.45) is 7.72. The van der Waals surface area contributed by atoms with Gasteiger partial charge in [-0.2, -0.15) is 10.2 Å². The molecule has 1 unspecified atom stereocenters. The van der Waals surface area contributed by atoms with E-state index in [2.05, 4.69) is 15.2 Å². The fourth-order valence-electron chi connectivity index (χ4n) is 3.31. The Balaban J connectivity index is 1.52. The van der Waals surface area contributed by atoms with Crippen LogP contribution in [-0.2, 0) is 11.3 Å². The van der Waals surface area contributed by atoms with Crippen molar-refractivity contribution in [1.82, 2.24) is 29.4 Å². The Morgan fingerprint density at radius 3 is 2.96 bits per heavy atom. The quantitative estimate of drug-likeness (QED) is 0.702. The summed E-state index contributed by atoms with van der Waals surface area (Å²) in [4.78, 5) is 19.3. The molecule has 3 aromatic rings. The van der Waals surface area contributed by atoms with Gasteiger partial charge in [0.1, 0.15) is 0 Å². The molecule has 0 bridgehead atoms. The van der Waals surface area contributed by atoms with Crippen LogP contribution in [0.25, 0.3) is 5.82 Å². The standard InChI is InChI=1S/C19H22N6O2/c1-15-17(12-22-25(15)18-6-2-3-7-20-18)19(26)23-9-5-11-27-16(13-23)14-24-10-4-8-21-24/h2-4,6-8,10,12,16H,5,9,11,13-14H2,1H3. The van der Waals surface area contributed by atoms with Crippen molar-refractivity contribution in [3.05, 3.63) is 60.3 Å². The molecule has 4 heterocycles. The van der Waals surface area contributed by atoms with Crippen LogP contribution in [0.2, 0.25) is 0 Å². The lowest BCUT2D eigenvalue weighted by Crippen LogP contribution is -2.38. The van der Waals surface area contributed by atoms with Gasteiger partial charge in [0.2, 0.25) is 0 Å². The van der Waals surface area contributed by atoms with Crippen LogP contribution in [-0.4, -0.2) is 61.2 Å². The molecule has 0 spiro atoms. The molecule has 8 heteroatoms. The van der Waals surface area contributed by atoms with Gasteiger partial charge in [-0.05, 0) is 31.5 Å². The Labute approximate surface area is 157 Å². The summed E-state index contributed by atoms with van der Waals surface area (Å²) in [5, 5.41) is 8.60. The molecule has 8 nitrogen and oxygen atoms in total. The highest BCUT2D eigenvalue weighted by Gasteiger charge is 2.26. The van der Waals surface area contributed by atoms with E-state index in [-0.39, 0.29) is 12.0 Å². The molecule has 27 heavy (non-hydrogen) atoms. The zero-order chi connectivity index (χ0) is 18.6. The maximum atomic E-state index is 13.1. The van der Waals surface area contributed by atoms with Gasteiger partial charge >= 0.3 is 0 Å². The average molecular weight is 366 g/mol. The van der Waals surface area contributed by atoms with E-state index in [0.29, 0.717) is 37.6 Å². The normalized spacial score (nSPS) is 17.7. The molecule has 1 fully saturated rings. The zero-order valence-corrected chi connectivity index (χ0v) is 15.2. The molecular weight excluding hydrogens is 344 g/mol. The van der Waals surface area contributed by atoms with Crippen LogP contribution >= 0.6 is 0 Å². The molecule has 0 saturated carbocycles. The van der Waals surface area contributed by atoms with Gasteiger partial charge in [-0.25, -0.2) is 9.67 Å². The van der Waals surface area contributed by atoms with E-state index in [1.54, 1.807) is 23.3 Å². The van der Waals surface area contributed by atoms with Crippen LogP contribution in [0.1, 0.15) is 22.5 Å². The van der Waals surface area contributed by atoms with Crippen molar-refractivity contribution in [2.24, 2.45) is 0 Å². The van der Waals surface area contributed by atoms with Crippen LogP contribution < -0.4 is 0 Å². The van der Waals surface area contributed by atoms with Gasteiger partial charge < -0.3 is 9.64 Å². The number of ether oxygens (including phenoxy) is 1. The van der Waals surface area contributed by atoms with Gasteiger partial charge in [-0.15, -0.1) is 0 Å². The molecule has 0 radical (unpaired) electrons. The number of pyridine rings is 1. The van der Waals surface area contributed by atoms with Crippen molar-refractivity contribution >= 4 is 5.91 Å². The monoisotopic (exact) mass is 366 g/mol. The first-order valence-electron chi connectivity index (χ1n) is 9.06. The van der Waals surface area contributed by atoms with E-state index < -0.39 is 0 Å². The summed E-state index contributed by atoms with van der Waals surface area (Å²) >= 11 is 0. The number of carbonyl (C=O) groups is 1. The molecule has 140 valence electrons. The van der Waals surface area contributed by atoms with Crippen LogP contribution in [0, 0.1) is 6.92 Å². The molecule has 3 aromatic heterocycles. The molecule has 0 N–H and O–H groups in total. The molecule has 1 saturated heterocycles. The summed E-state index contributed by atoms with van der Waals surface area (Å²) in [7, 11) is 0. The lowest BCUT2D eigenvalue weighted by molar-refractivity contribution is 0.0367. The molecular formula is C19H22N6O2. The van der Waals surface area contributed by atoms with Crippen LogP contribution in [0.5, 0.6) is 0 Å². The molecule has 1 aliphatic heterocycles. The van der Waals surface area contributed by atoms with Crippen molar-refractivity contribution in [3.63, 3.8) is 0 Å². The number of aromatic nitrogens is 5. The minimum atomic E-state index is -0.0810. The Morgan fingerprint density at radius 2 is 2.19 bits per heavy atom. The summed E-state index contributed by atoms with van der Waals surface area (Å²) in [6.45, 7) is 4.37. The van der Waals surface area contributed by atoms with Crippen molar-refractivity contribution in [1.29, 1.82) is 0 Å². The molecule has 0 aromatic carbocycles. The number of carbonyl (C=O) groups excluding carboxylic acids is 1. The van der Waals surface area contributed by atoms with Crippen LogP contribution in [0.15, 0.2) is 49.1 Å². The largest absolute Gasteiger partial charge is 0.374 e. The van der Waals surface area contributed by atoms with E-state index in [9.17, 15) is 4.79 Å². The van der Waals surface area contributed by atoms with Gasteiger partial charge in [0.25, 0.3) is 5.91 Å². The van der Waals surface area contributed by atoms with Gasteiger partial charge in [0, 0.05) is 38.3 Å². The van der Waals surface area contributed by atoms with E-state index in [1.165, 1.54) is 0 Å². The number of rotatable bonds is 4. The maximum Gasteiger partial charge on any atom is 0.257 e. The van der Waals surface area contributed by atoms with Crippen LogP contribution in [0.3, 0.4) is 0 Å². The minimum Gasteiger partial charge on any atom is -0.374 e. The lowest BCUT2D eigenvalue weighted by Gasteiger charge is -2.24. The summed E-state index contributed by atoms with van der Waals surface area (Å²) < 4.78 is 9.45. The van der Waals surface area contributed by atoms with E-state index in [0.717, 1.165) is 12.1 Å². The summed E-state index contributed by atoms with van der Waals surface area (Å²) in [5.74, 6) is 0.676. The van der Waals surface area contributed by atoms with Gasteiger partial charge in [0.05, 0.1) is 30.1 Å². The summed E-state index contributed by atoms with van der Waals surface area (Å²) in [5.41, 5.74) is 1.38. The third-order valence-corrected chi connectivity index (χ3v) is 4.69. The van der Waals surface area contributed by atoms with Crippen LogP contribution in [0.4, 0.5) is 0 Å². The second kappa shape index (κ2) is 7.71. The number of hydrogen-bond donors (Lipinski definition) is 0. The van der Waals surface area contributed by atoms with E-state index in [1.807, 2.05) is 47.0 Å². The third kappa shape index (κ3) is 3.75. The molecule has 1 atom stereocenters. The van der Waals surface area contributed by atoms with E-state index >= 15 is 0 Å². The lowest BCUT2D eigenvalue weighted by atomic mass is 10.2. The fourth-order valence-corrected chi connectivity index (χ4v) is 3.31. The fraction of sp³-hybridized carbons (Fsp3) is 0.368. The summed E-state index contributed by atoms with van der Waals surface area (Å²) in [6, 6.07) is 7.51.